The zero-order chi connectivity index (χ0) is 20.7. The number of anilines is 1. The van der Waals surface area contributed by atoms with E-state index in [1.54, 1.807) is 10.9 Å². The highest BCUT2D eigenvalue weighted by atomic mass is 32.1. The summed E-state index contributed by atoms with van der Waals surface area (Å²) >= 11 is 1.31. The summed E-state index contributed by atoms with van der Waals surface area (Å²) in [5, 5.41) is 0.548. The number of benzene rings is 2. The van der Waals surface area contributed by atoms with Crippen LogP contribution in [-0.2, 0) is 13.0 Å². The Morgan fingerprint density at radius 1 is 1.10 bits per heavy atom. The smallest absolute Gasteiger partial charge is 0.268 e. The van der Waals surface area contributed by atoms with E-state index in [2.05, 4.69) is 11.1 Å². The van der Waals surface area contributed by atoms with Gasteiger partial charge in [0.2, 0.25) is 0 Å². The van der Waals surface area contributed by atoms with Crippen molar-refractivity contribution < 1.29 is 4.79 Å². The molecule has 150 valence electrons. The number of carbonyl (C=O) groups is 1. The van der Waals surface area contributed by atoms with Gasteiger partial charge in [0.25, 0.3) is 11.5 Å². The Hall–Kier alpha value is -3.25. The van der Waals surface area contributed by atoms with E-state index in [9.17, 15) is 9.59 Å². The fraction of sp³-hybridized carbons (Fsp3) is 0.208. The van der Waals surface area contributed by atoms with E-state index < -0.39 is 0 Å². The fourth-order valence-electron chi connectivity index (χ4n) is 4.12. The minimum atomic E-state index is -0.101. The SMILES string of the molecule is Cc1c(C(=O)N2CCCc3ccccc32)sc2ncn(Cc3ccccc3)c(=O)c12. The van der Waals surface area contributed by atoms with Crippen molar-refractivity contribution in [2.24, 2.45) is 0 Å². The average molecular weight is 416 g/mol. The molecule has 0 bridgehead atoms. The lowest BCUT2D eigenvalue weighted by atomic mass is 10.0. The van der Waals surface area contributed by atoms with Crippen molar-refractivity contribution >= 4 is 33.1 Å². The molecule has 5 nitrogen and oxygen atoms in total. The van der Waals surface area contributed by atoms with Gasteiger partial charge >= 0.3 is 0 Å². The molecule has 0 spiro atoms. The first-order valence-electron chi connectivity index (χ1n) is 10.1. The number of fused-ring (bicyclic) bond motifs is 2. The molecule has 2 aromatic carbocycles. The Kier molecular flexibility index (Phi) is 4.71. The van der Waals surface area contributed by atoms with Crippen LogP contribution in [0.4, 0.5) is 5.69 Å². The molecule has 4 aromatic rings. The Morgan fingerprint density at radius 2 is 1.87 bits per heavy atom. The third-order valence-corrected chi connectivity index (χ3v) is 6.85. The van der Waals surface area contributed by atoms with Gasteiger partial charge in [-0.1, -0.05) is 48.5 Å². The molecule has 2 aromatic heterocycles. The first kappa shape index (κ1) is 18.8. The molecule has 0 atom stereocenters. The second-order valence-electron chi connectivity index (χ2n) is 7.59. The molecule has 1 aliphatic heterocycles. The summed E-state index contributed by atoms with van der Waals surface area (Å²) in [6.07, 6.45) is 3.50. The van der Waals surface area contributed by atoms with E-state index >= 15 is 0 Å². The quantitative estimate of drug-likeness (QED) is 0.498. The number of carbonyl (C=O) groups excluding carboxylic acids is 1. The Balaban J connectivity index is 1.55. The van der Waals surface area contributed by atoms with Crippen molar-refractivity contribution in [3.05, 3.63) is 92.8 Å². The van der Waals surface area contributed by atoms with Crippen LogP contribution in [-0.4, -0.2) is 22.0 Å². The Bertz CT molecular complexity index is 1310. The van der Waals surface area contributed by atoms with E-state index in [1.165, 1.54) is 16.9 Å². The van der Waals surface area contributed by atoms with Gasteiger partial charge in [0.05, 0.1) is 23.1 Å². The molecule has 5 rings (SSSR count). The maximum Gasteiger partial charge on any atom is 0.268 e. The highest BCUT2D eigenvalue weighted by Gasteiger charge is 2.27. The number of aryl methyl sites for hydroxylation is 2. The summed E-state index contributed by atoms with van der Waals surface area (Å²) in [5.74, 6) is -0.0448. The molecule has 0 unspecified atom stereocenters. The maximum absolute atomic E-state index is 13.4. The molecule has 30 heavy (non-hydrogen) atoms. The van der Waals surface area contributed by atoms with Crippen LogP contribution in [0.15, 0.2) is 65.7 Å². The molecule has 0 aliphatic carbocycles. The van der Waals surface area contributed by atoms with Crippen LogP contribution in [0.5, 0.6) is 0 Å². The van der Waals surface area contributed by atoms with Crippen LogP contribution in [0.1, 0.15) is 32.8 Å². The van der Waals surface area contributed by atoms with Crippen LogP contribution < -0.4 is 10.5 Å². The number of aromatic nitrogens is 2. The Morgan fingerprint density at radius 3 is 2.70 bits per heavy atom. The number of hydrogen-bond donors (Lipinski definition) is 0. The van der Waals surface area contributed by atoms with Gasteiger partial charge in [0, 0.05) is 12.2 Å². The van der Waals surface area contributed by atoms with Gasteiger partial charge in [-0.3, -0.25) is 14.2 Å². The maximum atomic E-state index is 13.4. The number of thiophene rings is 1. The van der Waals surface area contributed by atoms with E-state index in [-0.39, 0.29) is 11.5 Å². The summed E-state index contributed by atoms with van der Waals surface area (Å²) in [6.45, 7) is 3.01. The molecule has 3 heterocycles. The zero-order valence-electron chi connectivity index (χ0n) is 16.7. The zero-order valence-corrected chi connectivity index (χ0v) is 17.5. The molecule has 0 N–H and O–H groups in total. The third-order valence-electron chi connectivity index (χ3n) is 5.66. The van der Waals surface area contributed by atoms with Gasteiger partial charge in [0.15, 0.2) is 0 Å². The van der Waals surface area contributed by atoms with E-state index in [1.807, 2.05) is 60.4 Å². The molecule has 6 heteroatoms. The lowest BCUT2D eigenvalue weighted by Gasteiger charge is -2.29. The van der Waals surface area contributed by atoms with E-state index in [0.717, 1.165) is 29.7 Å². The molecule has 1 aliphatic rings. The highest BCUT2D eigenvalue weighted by molar-refractivity contribution is 7.20. The number of hydrogen-bond acceptors (Lipinski definition) is 4. The van der Waals surface area contributed by atoms with Crippen molar-refractivity contribution in [3.63, 3.8) is 0 Å². The van der Waals surface area contributed by atoms with E-state index in [4.69, 9.17) is 0 Å². The number of rotatable bonds is 3. The largest absolute Gasteiger partial charge is 0.307 e. The van der Waals surface area contributed by atoms with Crippen molar-refractivity contribution in [1.82, 2.24) is 9.55 Å². The molecular formula is C24H21N3O2S. The van der Waals surface area contributed by atoms with Crippen LogP contribution in [0, 0.1) is 6.92 Å². The van der Waals surface area contributed by atoms with Crippen LogP contribution >= 0.6 is 11.3 Å². The first-order valence-corrected chi connectivity index (χ1v) is 10.9. The Labute approximate surface area is 178 Å². The second kappa shape index (κ2) is 7.54. The number of amides is 1. The van der Waals surface area contributed by atoms with Gasteiger partial charge < -0.3 is 4.90 Å². The molecule has 1 amide bonds. The van der Waals surface area contributed by atoms with Gasteiger partial charge in [-0.25, -0.2) is 4.98 Å². The normalized spacial score (nSPS) is 13.4. The highest BCUT2D eigenvalue weighted by Crippen LogP contribution is 2.33. The van der Waals surface area contributed by atoms with E-state index in [0.29, 0.717) is 28.2 Å². The van der Waals surface area contributed by atoms with Crippen molar-refractivity contribution in [3.8, 4) is 0 Å². The van der Waals surface area contributed by atoms with Crippen molar-refractivity contribution in [2.75, 3.05) is 11.4 Å². The lowest BCUT2D eigenvalue weighted by Crippen LogP contribution is -2.35. The standard InChI is InChI=1S/C24H21N3O2S/c1-16-20-22(25-15-26(23(20)28)14-17-8-3-2-4-9-17)30-21(16)24(29)27-13-7-11-18-10-5-6-12-19(18)27/h2-6,8-10,12,15H,7,11,13-14H2,1H3. The van der Waals surface area contributed by atoms with Gasteiger partial charge in [0.1, 0.15) is 4.83 Å². The number of para-hydroxylation sites is 1. The molecule has 0 radical (unpaired) electrons. The third kappa shape index (κ3) is 3.13. The van der Waals surface area contributed by atoms with Crippen LogP contribution in [0.2, 0.25) is 0 Å². The predicted octanol–water partition coefficient (Wildman–Crippen LogP) is 4.41. The van der Waals surface area contributed by atoms with Gasteiger partial charge in [-0.2, -0.15) is 0 Å². The van der Waals surface area contributed by atoms with Crippen LogP contribution in [0.25, 0.3) is 10.2 Å². The average Bonchev–Trinajstić information content (AvgIpc) is 3.12. The van der Waals surface area contributed by atoms with Gasteiger partial charge in [-0.05, 0) is 42.5 Å². The summed E-state index contributed by atoms with van der Waals surface area (Å²) < 4.78 is 1.61. The molecule has 0 saturated heterocycles. The molecule has 0 saturated carbocycles. The molecule has 0 fully saturated rings. The number of nitrogens with zero attached hydrogens (tertiary/aromatic N) is 3. The molecular weight excluding hydrogens is 394 g/mol. The van der Waals surface area contributed by atoms with Crippen molar-refractivity contribution in [2.45, 2.75) is 26.3 Å². The summed E-state index contributed by atoms with van der Waals surface area (Å²) in [6, 6.07) is 17.9. The van der Waals surface area contributed by atoms with Crippen LogP contribution in [0.3, 0.4) is 0 Å². The fourth-order valence-corrected chi connectivity index (χ4v) is 5.21. The van der Waals surface area contributed by atoms with Gasteiger partial charge in [-0.15, -0.1) is 11.3 Å². The second-order valence-corrected chi connectivity index (χ2v) is 8.59. The predicted molar refractivity (Wildman–Crippen MR) is 121 cm³/mol. The summed E-state index contributed by atoms with van der Waals surface area (Å²) in [5.41, 5.74) is 3.83. The lowest BCUT2D eigenvalue weighted by molar-refractivity contribution is 0.0988. The van der Waals surface area contributed by atoms with Crippen molar-refractivity contribution in [1.29, 1.82) is 0 Å². The minimum absolute atomic E-state index is 0.0448. The first-order chi connectivity index (χ1) is 14.6. The summed E-state index contributed by atoms with van der Waals surface area (Å²) in [7, 11) is 0. The monoisotopic (exact) mass is 415 g/mol. The topological polar surface area (TPSA) is 55.2 Å². The summed E-state index contributed by atoms with van der Waals surface area (Å²) in [4.78, 5) is 34.2. The minimum Gasteiger partial charge on any atom is -0.307 e.